The van der Waals surface area contributed by atoms with Crippen molar-refractivity contribution in [2.24, 2.45) is 5.41 Å². The minimum absolute atomic E-state index is 0.0192. The molecule has 2 aromatic heterocycles. The highest BCUT2D eigenvalue weighted by Gasteiger charge is 2.51. The Kier molecular flexibility index (Phi) is 18.2. The van der Waals surface area contributed by atoms with Crippen LogP contribution >= 0.6 is 23.6 Å². The van der Waals surface area contributed by atoms with Gasteiger partial charge in [-0.2, -0.15) is 18.4 Å². The Bertz CT molecular complexity index is 2620. The standard InChI is InChI=1S/C51H62F3N9O7S2/c1-31(33-12-14-34(15-13-33)43-32(2)58-30-72-43)59-45(66)40-25-38(64)28-61(40)46(67)44(49(3,4)5)60-42(65)29-70-23-11-22-69-21-10-8-9-20-56-41-19-18-37(27-57-41)63-48(71)62(47(68)50(63,6)7)36-17-16-35(26-55)39(24-36)51(52,53)54/h12-19,24,27,30-31,38,40,44,64H,8-11,20-23,25,28-29H2,1-7H3,(H,56,57)(H,59,66)(H,60,65)/t31-,38+,40-,44?/m0/s1. The Morgan fingerprint density at radius 3 is 2.31 bits per heavy atom. The normalized spacial score (nSPS) is 17.7. The fraction of sp³-hybridized carbons (Fsp3) is 0.490. The van der Waals surface area contributed by atoms with Crippen molar-refractivity contribution < 1.29 is 46.9 Å². The van der Waals surface area contributed by atoms with E-state index in [0.717, 1.165) is 58.0 Å². The summed E-state index contributed by atoms with van der Waals surface area (Å²) in [4.78, 5) is 68.0. The van der Waals surface area contributed by atoms with Crippen LogP contribution in [0, 0.1) is 23.7 Å². The molecule has 4 amide bonds. The third-order valence-electron chi connectivity index (χ3n) is 12.5. The molecule has 0 aliphatic carbocycles. The molecule has 2 aromatic carbocycles. The molecule has 4 atom stereocenters. The van der Waals surface area contributed by atoms with Crippen LogP contribution in [0.1, 0.15) is 102 Å². The number of aliphatic hydroxyl groups excluding tert-OH is 1. The lowest BCUT2D eigenvalue weighted by Gasteiger charge is -2.35. The van der Waals surface area contributed by atoms with E-state index in [1.807, 2.05) is 58.9 Å². The number of nitrogens with one attached hydrogen (secondary N) is 3. The van der Waals surface area contributed by atoms with Crippen molar-refractivity contribution in [2.45, 2.75) is 117 Å². The number of rotatable bonds is 21. The summed E-state index contributed by atoms with van der Waals surface area (Å²) in [6, 6.07) is 13.7. The first-order chi connectivity index (χ1) is 34.0. The summed E-state index contributed by atoms with van der Waals surface area (Å²) in [6.45, 7) is 14.1. The van der Waals surface area contributed by atoms with Crippen molar-refractivity contribution in [3.8, 4) is 16.5 Å². The van der Waals surface area contributed by atoms with E-state index < -0.39 is 64.2 Å². The fourth-order valence-electron chi connectivity index (χ4n) is 8.55. The monoisotopic (exact) mass is 1030 g/mol. The van der Waals surface area contributed by atoms with Crippen LogP contribution in [0.25, 0.3) is 10.4 Å². The summed E-state index contributed by atoms with van der Waals surface area (Å²) in [5.41, 5.74) is 1.39. The lowest BCUT2D eigenvalue weighted by molar-refractivity contribution is -0.144. The highest BCUT2D eigenvalue weighted by molar-refractivity contribution is 7.81. The highest BCUT2D eigenvalue weighted by Crippen LogP contribution is 2.40. The minimum atomic E-state index is -4.80. The Hall–Kier alpha value is -6.05. The number of ether oxygens (including phenoxy) is 2. The van der Waals surface area contributed by atoms with Crippen molar-refractivity contribution in [1.29, 1.82) is 5.26 Å². The van der Waals surface area contributed by atoms with Gasteiger partial charge in [-0.25, -0.2) is 9.97 Å². The quantitative estimate of drug-likeness (QED) is 0.0468. The van der Waals surface area contributed by atoms with Gasteiger partial charge in [0, 0.05) is 39.3 Å². The zero-order chi connectivity index (χ0) is 52.5. The number of anilines is 3. The number of aliphatic hydroxyl groups is 1. The van der Waals surface area contributed by atoms with Crippen molar-refractivity contribution in [1.82, 2.24) is 25.5 Å². The summed E-state index contributed by atoms with van der Waals surface area (Å²) in [5.74, 6) is -1.27. The van der Waals surface area contributed by atoms with E-state index in [1.54, 1.807) is 53.8 Å². The second-order valence-electron chi connectivity index (χ2n) is 19.4. The number of benzene rings is 2. The number of halogens is 3. The lowest BCUT2D eigenvalue weighted by Crippen LogP contribution is -2.58. The molecule has 2 saturated heterocycles. The number of hydrogen-bond acceptors (Lipinski definition) is 13. The second kappa shape index (κ2) is 23.7. The number of likely N-dealkylation sites (tertiary alicyclic amines) is 1. The lowest BCUT2D eigenvalue weighted by atomic mass is 9.85. The number of carbonyl (C=O) groups is 4. The van der Waals surface area contributed by atoms with Gasteiger partial charge in [-0.05, 0) is 112 Å². The summed E-state index contributed by atoms with van der Waals surface area (Å²) < 4.78 is 52.5. The fourth-order valence-corrected chi connectivity index (χ4v) is 9.89. The molecular formula is C51H62F3N9O7S2. The number of unbranched alkanes of at least 4 members (excludes halogenated alkanes) is 2. The molecule has 0 spiro atoms. The van der Waals surface area contributed by atoms with E-state index in [1.165, 1.54) is 17.2 Å². The van der Waals surface area contributed by atoms with Crippen molar-refractivity contribution >= 4 is 69.5 Å². The zero-order valence-electron chi connectivity index (χ0n) is 41.5. The molecule has 0 bridgehead atoms. The molecular weight excluding hydrogens is 972 g/mol. The number of aromatic nitrogens is 2. The third kappa shape index (κ3) is 13.3. The van der Waals surface area contributed by atoms with Gasteiger partial charge in [0.25, 0.3) is 5.91 Å². The van der Waals surface area contributed by atoms with Crippen LogP contribution in [0.4, 0.5) is 30.4 Å². The van der Waals surface area contributed by atoms with Crippen molar-refractivity contribution in [3.05, 3.63) is 88.7 Å². The molecule has 4 N–H and O–H groups in total. The van der Waals surface area contributed by atoms with Crippen molar-refractivity contribution in [3.63, 3.8) is 0 Å². The Morgan fingerprint density at radius 2 is 1.67 bits per heavy atom. The molecule has 386 valence electrons. The molecule has 16 nitrogen and oxygen atoms in total. The largest absolute Gasteiger partial charge is 0.417 e. The van der Waals surface area contributed by atoms with E-state index in [4.69, 9.17) is 21.7 Å². The van der Waals surface area contributed by atoms with Gasteiger partial charge in [0.15, 0.2) is 5.11 Å². The van der Waals surface area contributed by atoms with E-state index in [2.05, 4.69) is 25.9 Å². The number of thiocarbonyl (C=S) groups is 1. The van der Waals surface area contributed by atoms with Gasteiger partial charge in [0.2, 0.25) is 17.7 Å². The van der Waals surface area contributed by atoms with Crippen LogP contribution in [0.3, 0.4) is 0 Å². The molecule has 1 unspecified atom stereocenters. The van der Waals surface area contributed by atoms with Crippen LogP contribution in [0.2, 0.25) is 0 Å². The summed E-state index contributed by atoms with van der Waals surface area (Å²) >= 11 is 7.18. The highest BCUT2D eigenvalue weighted by atomic mass is 32.1. The van der Waals surface area contributed by atoms with Gasteiger partial charge in [0.05, 0.1) is 63.0 Å². The molecule has 2 aliphatic heterocycles. The molecule has 4 heterocycles. The number of thiazole rings is 1. The van der Waals surface area contributed by atoms with Gasteiger partial charge < -0.3 is 40.3 Å². The molecule has 0 saturated carbocycles. The number of pyridine rings is 1. The predicted molar refractivity (Wildman–Crippen MR) is 272 cm³/mol. The number of nitriles is 1. The average molecular weight is 1030 g/mol. The van der Waals surface area contributed by atoms with E-state index >= 15 is 0 Å². The Morgan fingerprint density at radius 1 is 0.972 bits per heavy atom. The van der Waals surface area contributed by atoms with Crippen LogP contribution < -0.4 is 25.8 Å². The van der Waals surface area contributed by atoms with E-state index in [9.17, 15) is 42.7 Å². The average Bonchev–Trinajstić information content (AvgIpc) is 4.00. The van der Waals surface area contributed by atoms with Gasteiger partial charge in [0.1, 0.15) is 30.0 Å². The number of hydrogen-bond donors (Lipinski definition) is 4. The summed E-state index contributed by atoms with van der Waals surface area (Å²) in [7, 11) is 0. The Balaban J connectivity index is 0.859. The van der Waals surface area contributed by atoms with Crippen LogP contribution in [-0.4, -0.2) is 112 Å². The van der Waals surface area contributed by atoms with Gasteiger partial charge in [-0.3, -0.25) is 24.1 Å². The number of amides is 4. The number of alkyl halides is 3. The topological polar surface area (TPSA) is 202 Å². The van der Waals surface area contributed by atoms with Crippen LogP contribution in [0.15, 0.2) is 66.3 Å². The van der Waals surface area contributed by atoms with Gasteiger partial charge in [-0.15, -0.1) is 11.3 Å². The maximum atomic E-state index is 14.0. The molecule has 0 radical (unpaired) electrons. The van der Waals surface area contributed by atoms with Crippen LogP contribution in [-0.2, 0) is 34.8 Å². The predicted octanol–water partition coefficient (Wildman–Crippen LogP) is 7.70. The second-order valence-corrected chi connectivity index (χ2v) is 20.7. The number of nitrogens with zero attached hydrogens (tertiary/aromatic N) is 6. The first-order valence-corrected chi connectivity index (χ1v) is 25.1. The van der Waals surface area contributed by atoms with E-state index in [-0.39, 0.29) is 48.9 Å². The zero-order valence-corrected chi connectivity index (χ0v) is 43.1. The molecule has 6 rings (SSSR count). The number of aryl methyl sites for hydroxylation is 1. The molecule has 2 fully saturated rings. The van der Waals surface area contributed by atoms with Gasteiger partial charge >= 0.3 is 6.18 Å². The molecule has 72 heavy (non-hydrogen) atoms. The maximum absolute atomic E-state index is 14.0. The van der Waals surface area contributed by atoms with E-state index in [0.29, 0.717) is 37.7 Å². The number of β-amino-alcohol motifs (C(OH)–C–C–N with tert-alkyl or cyclic N) is 1. The molecule has 4 aromatic rings. The first kappa shape index (κ1) is 55.3. The van der Waals surface area contributed by atoms with Gasteiger partial charge in [-0.1, -0.05) is 45.0 Å². The molecule has 2 aliphatic rings. The minimum Gasteiger partial charge on any atom is -0.391 e. The number of carbonyl (C=O) groups excluding carboxylic acids is 4. The maximum Gasteiger partial charge on any atom is 0.417 e. The smallest absolute Gasteiger partial charge is 0.391 e. The first-order valence-electron chi connectivity index (χ1n) is 23.8. The van der Waals surface area contributed by atoms with Crippen LogP contribution in [0.5, 0.6) is 0 Å². The third-order valence-corrected chi connectivity index (χ3v) is 13.8. The molecule has 21 heteroatoms. The van der Waals surface area contributed by atoms with Crippen molar-refractivity contribution in [2.75, 3.05) is 54.6 Å². The Labute approximate surface area is 427 Å². The summed E-state index contributed by atoms with van der Waals surface area (Å²) in [5, 5.41) is 28.9. The summed E-state index contributed by atoms with van der Waals surface area (Å²) in [6.07, 6.45) is -1.02. The SMILES string of the molecule is Cc1ncsc1-c1ccc([C@H](C)NC(=O)[C@@H]2C[C@@H](O)CN2C(=O)C(NC(=O)COCCCOCCCCCNc2ccc(N3C(=S)N(c4ccc(C#N)c(C(F)(F)F)c4)C(=O)C3(C)C)cn2)C(C)(C)C)cc1.